The maximum Gasteiger partial charge on any atom is 0.160 e. The minimum Gasteiger partial charge on any atom is -0.454 e. The van der Waals surface area contributed by atoms with Crippen LogP contribution in [0, 0.1) is 10.8 Å². The van der Waals surface area contributed by atoms with Crippen molar-refractivity contribution in [2.75, 3.05) is 0 Å². The Morgan fingerprint density at radius 3 is 1.58 bits per heavy atom. The third kappa shape index (κ3) is 3.16. The molecule has 6 aromatic carbocycles. The van der Waals surface area contributed by atoms with Gasteiger partial charge in [-0.15, -0.1) is 0 Å². The zero-order chi connectivity index (χ0) is 28.7. The third-order valence-electron chi connectivity index (χ3n) is 8.73. The quantitative estimate of drug-likeness (QED) is 0.210. The Labute approximate surface area is 245 Å². The smallest absolute Gasteiger partial charge is 0.160 e. The summed E-state index contributed by atoms with van der Waals surface area (Å²) in [5.74, 6) is 0. The Hall–Kier alpha value is -5.94. The van der Waals surface area contributed by atoms with Crippen molar-refractivity contribution in [1.29, 1.82) is 10.8 Å². The van der Waals surface area contributed by atoms with Gasteiger partial charge in [0.2, 0.25) is 0 Å². The Balaban J connectivity index is 1.47. The summed E-state index contributed by atoms with van der Waals surface area (Å²) in [6.07, 6.45) is 2.77. The standard InChI is InChI=1S/C38H24N4O/c39-21-23-19-24(22-40)35(20-34(23)41-31-13-5-1-9-25(31)26-10-2-6-14-32(26)41)42-33-15-7-3-11-27(33)29-17-18-30-28-12-4-8-16-36(28)43-38(30)37(29)42/h1-22,39-40H. The molecule has 0 spiro atoms. The van der Waals surface area contributed by atoms with E-state index in [-0.39, 0.29) is 0 Å². The van der Waals surface area contributed by atoms with Crippen molar-refractivity contribution in [3.05, 3.63) is 132 Å². The first-order chi connectivity index (χ1) is 21.3. The molecule has 3 aromatic heterocycles. The van der Waals surface area contributed by atoms with Crippen molar-refractivity contribution in [3.63, 3.8) is 0 Å². The number of rotatable bonds is 4. The summed E-state index contributed by atoms with van der Waals surface area (Å²) >= 11 is 0. The molecule has 5 heteroatoms. The van der Waals surface area contributed by atoms with E-state index in [2.05, 4.69) is 106 Å². The van der Waals surface area contributed by atoms with Crippen LogP contribution in [0.1, 0.15) is 11.1 Å². The Morgan fingerprint density at radius 2 is 0.953 bits per heavy atom. The molecular weight excluding hydrogens is 528 g/mol. The van der Waals surface area contributed by atoms with E-state index >= 15 is 0 Å². The van der Waals surface area contributed by atoms with Crippen LogP contribution in [0.3, 0.4) is 0 Å². The lowest BCUT2D eigenvalue weighted by atomic mass is 10.1. The third-order valence-corrected chi connectivity index (χ3v) is 8.73. The molecule has 0 radical (unpaired) electrons. The first-order valence-electron chi connectivity index (χ1n) is 14.3. The van der Waals surface area contributed by atoms with Crippen LogP contribution in [0.2, 0.25) is 0 Å². The van der Waals surface area contributed by atoms with E-state index in [4.69, 9.17) is 15.2 Å². The van der Waals surface area contributed by atoms with E-state index in [1.54, 1.807) is 0 Å². The predicted octanol–water partition coefficient (Wildman–Crippen LogP) is 9.78. The molecule has 2 N–H and O–H groups in total. The van der Waals surface area contributed by atoms with Crippen LogP contribution < -0.4 is 0 Å². The molecule has 5 nitrogen and oxygen atoms in total. The fraction of sp³-hybridized carbons (Fsp3) is 0. The van der Waals surface area contributed by atoms with Gasteiger partial charge in [0, 0.05) is 55.9 Å². The molecule has 0 unspecified atom stereocenters. The molecule has 9 rings (SSSR count). The number of aromatic nitrogens is 2. The molecule has 0 bridgehead atoms. The van der Waals surface area contributed by atoms with Crippen LogP contribution in [-0.4, -0.2) is 21.6 Å². The zero-order valence-corrected chi connectivity index (χ0v) is 23.0. The van der Waals surface area contributed by atoms with Crippen LogP contribution in [0.4, 0.5) is 0 Å². The highest BCUT2D eigenvalue weighted by Gasteiger charge is 2.22. The van der Waals surface area contributed by atoms with Crippen molar-refractivity contribution in [2.24, 2.45) is 0 Å². The number of hydrogen-bond acceptors (Lipinski definition) is 3. The average Bonchev–Trinajstić information content (AvgIpc) is 3.72. The van der Waals surface area contributed by atoms with Gasteiger partial charge in [-0.2, -0.15) is 0 Å². The second-order valence-electron chi connectivity index (χ2n) is 10.9. The number of furan rings is 1. The summed E-state index contributed by atoms with van der Waals surface area (Å²) in [4.78, 5) is 0. The highest BCUT2D eigenvalue weighted by atomic mass is 16.3. The summed E-state index contributed by atoms with van der Waals surface area (Å²) in [5, 5.41) is 23.6. The second-order valence-corrected chi connectivity index (χ2v) is 10.9. The van der Waals surface area contributed by atoms with E-state index in [1.165, 1.54) is 12.4 Å². The first-order valence-corrected chi connectivity index (χ1v) is 14.3. The van der Waals surface area contributed by atoms with Gasteiger partial charge in [-0.25, -0.2) is 0 Å². The van der Waals surface area contributed by atoms with Gasteiger partial charge < -0.3 is 24.4 Å². The summed E-state index contributed by atoms with van der Waals surface area (Å²) in [5.41, 5.74) is 9.01. The number of fused-ring (bicyclic) bond motifs is 10. The lowest BCUT2D eigenvalue weighted by molar-refractivity contribution is 0.671. The highest BCUT2D eigenvalue weighted by molar-refractivity contribution is 6.22. The van der Waals surface area contributed by atoms with E-state index in [1.807, 2.05) is 24.3 Å². The summed E-state index contributed by atoms with van der Waals surface area (Å²) in [6.45, 7) is 0. The van der Waals surface area contributed by atoms with Gasteiger partial charge in [0.05, 0.1) is 33.4 Å². The van der Waals surface area contributed by atoms with Crippen LogP contribution in [0.25, 0.3) is 76.9 Å². The normalized spacial score (nSPS) is 11.9. The summed E-state index contributed by atoms with van der Waals surface area (Å²) in [7, 11) is 0. The Morgan fingerprint density at radius 1 is 0.465 bits per heavy atom. The second kappa shape index (κ2) is 8.78. The minimum atomic E-state index is 0.721. The van der Waals surface area contributed by atoms with Crippen LogP contribution in [-0.2, 0) is 0 Å². The predicted molar refractivity (Wildman–Crippen MR) is 178 cm³/mol. The molecule has 0 fully saturated rings. The van der Waals surface area contributed by atoms with E-state index in [9.17, 15) is 0 Å². The number of hydrogen-bond donors (Lipinski definition) is 2. The van der Waals surface area contributed by atoms with Crippen LogP contribution in [0.5, 0.6) is 0 Å². The number of nitrogens with one attached hydrogen (secondary N) is 2. The van der Waals surface area contributed by atoms with Gasteiger partial charge in [-0.1, -0.05) is 78.9 Å². The molecule has 0 saturated heterocycles. The molecule has 43 heavy (non-hydrogen) atoms. The van der Waals surface area contributed by atoms with Crippen molar-refractivity contribution < 1.29 is 4.42 Å². The fourth-order valence-electron chi connectivity index (χ4n) is 6.89. The maximum atomic E-state index is 8.49. The molecule has 0 atom stereocenters. The number of nitrogens with zero attached hydrogens (tertiary/aromatic N) is 2. The topological polar surface area (TPSA) is 70.7 Å². The monoisotopic (exact) mass is 552 g/mol. The lowest BCUT2D eigenvalue weighted by Gasteiger charge is -2.17. The van der Waals surface area contributed by atoms with E-state index in [0.717, 1.165) is 88.1 Å². The average molecular weight is 553 g/mol. The van der Waals surface area contributed by atoms with Crippen molar-refractivity contribution in [1.82, 2.24) is 9.13 Å². The van der Waals surface area contributed by atoms with Gasteiger partial charge in [0.15, 0.2) is 5.58 Å². The molecule has 0 aliphatic carbocycles. The van der Waals surface area contributed by atoms with Crippen LogP contribution in [0.15, 0.2) is 126 Å². The van der Waals surface area contributed by atoms with Gasteiger partial charge in [0.1, 0.15) is 5.58 Å². The van der Waals surface area contributed by atoms with Gasteiger partial charge in [-0.05, 0) is 42.5 Å². The van der Waals surface area contributed by atoms with Crippen molar-refractivity contribution >= 4 is 78.0 Å². The molecule has 0 aliphatic heterocycles. The number of para-hydroxylation sites is 4. The van der Waals surface area contributed by atoms with Gasteiger partial charge >= 0.3 is 0 Å². The first kappa shape index (κ1) is 23.7. The molecule has 3 heterocycles. The summed E-state index contributed by atoms with van der Waals surface area (Å²) < 4.78 is 11.1. The molecular formula is C38H24N4O. The van der Waals surface area contributed by atoms with Crippen molar-refractivity contribution in [3.8, 4) is 11.4 Å². The lowest BCUT2D eigenvalue weighted by Crippen LogP contribution is -2.06. The van der Waals surface area contributed by atoms with Crippen LogP contribution >= 0.6 is 0 Å². The Kier molecular flexibility index (Phi) is 4.85. The minimum absolute atomic E-state index is 0.721. The molecule has 9 aromatic rings. The van der Waals surface area contributed by atoms with Gasteiger partial charge in [-0.3, -0.25) is 0 Å². The summed E-state index contributed by atoms with van der Waals surface area (Å²) in [6, 6.07) is 41.8. The van der Waals surface area contributed by atoms with E-state index < -0.39 is 0 Å². The zero-order valence-electron chi connectivity index (χ0n) is 23.0. The number of benzene rings is 6. The molecule has 0 aliphatic rings. The molecule has 0 saturated carbocycles. The largest absolute Gasteiger partial charge is 0.454 e. The fourth-order valence-corrected chi connectivity index (χ4v) is 6.89. The molecule has 0 amide bonds. The highest BCUT2D eigenvalue weighted by Crippen LogP contribution is 2.42. The van der Waals surface area contributed by atoms with Crippen molar-refractivity contribution in [2.45, 2.75) is 0 Å². The maximum absolute atomic E-state index is 8.49. The van der Waals surface area contributed by atoms with E-state index in [0.29, 0.717) is 0 Å². The molecule has 202 valence electrons. The SMILES string of the molecule is N=Cc1cc(C=N)c(-n2c3ccccc3c3ccc4c5ccccc5oc4c32)cc1-n1c2ccccc2c2ccccc21. The van der Waals surface area contributed by atoms with Gasteiger partial charge in [0.25, 0.3) is 0 Å². The Bertz CT molecular complexity index is 2560.